The Kier molecular flexibility index (Phi) is 2.86. The molecule has 0 saturated carbocycles. The molecule has 0 bridgehead atoms. The van der Waals surface area contributed by atoms with Gasteiger partial charge in [0.05, 0.1) is 0 Å². The van der Waals surface area contributed by atoms with Gasteiger partial charge in [-0.05, 0) is 38.9 Å². The Balaban J connectivity index is 3.01. The van der Waals surface area contributed by atoms with E-state index in [1.54, 1.807) is 0 Å². The second-order valence-electron chi connectivity index (χ2n) is 5.02. The van der Waals surface area contributed by atoms with E-state index in [0.717, 1.165) is 0 Å². The minimum absolute atomic E-state index is 0.0277. The van der Waals surface area contributed by atoms with E-state index in [-0.39, 0.29) is 23.4 Å². The molecule has 0 aromatic rings. The number of hydrogen-bond donors (Lipinski definition) is 1. The van der Waals surface area contributed by atoms with Gasteiger partial charge in [-0.3, -0.25) is 4.79 Å². The predicted octanol–water partition coefficient (Wildman–Crippen LogP) is 1.53. The first-order chi connectivity index (χ1) is 6.25. The van der Waals surface area contributed by atoms with Crippen LogP contribution in [0.25, 0.3) is 0 Å². The molecule has 1 fully saturated rings. The van der Waals surface area contributed by atoms with Gasteiger partial charge in [0.1, 0.15) is 6.04 Å². The Morgan fingerprint density at radius 1 is 1.43 bits per heavy atom. The maximum absolute atomic E-state index is 11.6. The molecule has 1 unspecified atom stereocenters. The summed E-state index contributed by atoms with van der Waals surface area (Å²) in [6.45, 7) is 10.3. The highest BCUT2D eigenvalue weighted by Gasteiger charge is 2.43. The maximum atomic E-state index is 11.6. The van der Waals surface area contributed by atoms with Gasteiger partial charge in [0.15, 0.2) is 5.11 Å². The summed E-state index contributed by atoms with van der Waals surface area (Å²) in [6.07, 6.45) is 0. The van der Waals surface area contributed by atoms with Crippen LogP contribution in [0.15, 0.2) is 0 Å². The van der Waals surface area contributed by atoms with Crippen LogP contribution in [0, 0.1) is 5.92 Å². The zero-order chi connectivity index (χ0) is 11.1. The van der Waals surface area contributed by atoms with Crippen molar-refractivity contribution in [2.75, 3.05) is 0 Å². The molecule has 0 spiro atoms. The number of nitrogens with zero attached hydrogens (tertiary/aromatic N) is 1. The van der Waals surface area contributed by atoms with Gasteiger partial charge in [0, 0.05) is 5.54 Å². The zero-order valence-corrected chi connectivity index (χ0v) is 10.2. The number of amides is 1. The van der Waals surface area contributed by atoms with Gasteiger partial charge in [0.2, 0.25) is 5.91 Å². The molecule has 0 aromatic carbocycles. The third-order valence-electron chi connectivity index (χ3n) is 2.35. The molecule has 1 atom stereocenters. The molecule has 1 heterocycles. The molecule has 0 aromatic heterocycles. The molecule has 4 heteroatoms. The first kappa shape index (κ1) is 11.4. The lowest BCUT2D eigenvalue weighted by molar-refractivity contribution is -0.123. The summed E-state index contributed by atoms with van der Waals surface area (Å²) < 4.78 is 0. The van der Waals surface area contributed by atoms with Crippen molar-refractivity contribution < 1.29 is 4.79 Å². The van der Waals surface area contributed by atoms with Crippen LogP contribution in [0.2, 0.25) is 0 Å². The van der Waals surface area contributed by atoms with Crippen LogP contribution in [-0.4, -0.2) is 27.5 Å². The maximum Gasteiger partial charge on any atom is 0.249 e. The van der Waals surface area contributed by atoms with E-state index in [9.17, 15) is 4.79 Å². The summed E-state index contributed by atoms with van der Waals surface area (Å²) in [4.78, 5) is 13.6. The molecule has 1 N–H and O–H groups in total. The minimum atomic E-state index is -0.123. The van der Waals surface area contributed by atoms with Crippen LogP contribution >= 0.6 is 12.2 Å². The fraction of sp³-hybridized carbons (Fsp3) is 0.800. The van der Waals surface area contributed by atoms with Gasteiger partial charge in [-0.25, -0.2) is 0 Å². The second-order valence-corrected chi connectivity index (χ2v) is 5.41. The third kappa shape index (κ3) is 1.90. The van der Waals surface area contributed by atoms with E-state index in [0.29, 0.717) is 5.11 Å². The summed E-state index contributed by atoms with van der Waals surface area (Å²) in [7, 11) is 0. The van der Waals surface area contributed by atoms with E-state index in [2.05, 4.69) is 26.1 Å². The first-order valence-electron chi connectivity index (χ1n) is 4.89. The van der Waals surface area contributed by atoms with Crippen LogP contribution in [-0.2, 0) is 4.79 Å². The summed E-state index contributed by atoms with van der Waals surface area (Å²) >= 11 is 5.16. The fourth-order valence-electron chi connectivity index (χ4n) is 1.81. The van der Waals surface area contributed by atoms with Crippen molar-refractivity contribution in [2.24, 2.45) is 5.92 Å². The molecule has 0 aliphatic carbocycles. The summed E-state index contributed by atoms with van der Waals surface area (Å²) in [6, 6.07) is -0.123. The fourth-order valence-corrected chi connectivity index (χ4v) is 2.29. The van der Waals surface area contributed by atoms with Crippen molar-refractivity contribution in [1.29, 1.82) is 0 Å². The molecule has 0 radical (unpaired) electrons. The topological polar surface area (TPSA) is 32.3 Å². The van der Waals surface area contributed by atoms with E-state index in [1.807, 2.05) is 18.7 Å². The molecule has 3 nitrogen and oxygen atoms in total. The number of thiocarbonyl (C=S) groups is 1. The van der Waals surface area contributed by atoms with Crippen molar-refractivity contribution in [3.8, 4) is 0 Å². The second kappa shape index (κ2) is 3.50. The Morgan fingerprint density at radius 3 is 2.21 bits per heavy atom. The summed E-state index contributed by atoms with van der Waals surface area (Å²) in [5.74, 6) is 0.301. The van der Waals surface area contributed by atoms with Crippen LogP contribution in [0.4, 0.5) is 0 Å². The normalized spacial score (nSPS) is 23.3. The Hall–Kier alpha value is -0.640. The largest absolute Gasteiger partial charge is 0.332 e. The van der Waals surface area contributed by atoms with Crippen LogP contribution in [0.1, 0.15) is 34.6 Å². The highest BCUT2D eigenvalue weighted by Crippen LogP contribution is 2.25. The number of carbonyl (C=O) groups excluding carboxylic acids is 1. The van der Waals surface area contributed by atoms with Crippen LogP contribution in [0.5, 0.6) is 0 Å². The van der Waals surface area contributed by atoms with E-state index in [1.165, 1.54) is 0 Å². The molecular weight excluding hydrogens is 196 g/mol. The zero-order valence-electron chi connectivity index (χ0n) is 9.42. The molecule has 1 rings (SSSR count). The van der Waals surface area contributed by atoms with E-state index >= 15 is 0 Å². The van der Waals surface area contributed by atoms with Crippen LogP contribution < -0.4 is 5.32 Å². The SMILES string of the molecule is CC(C)C1C(=O)NC(=S)N1C(C)(C)C. The number of rotatable bonds is 1. The van der Waals surface area contributed by atoms with Gasteiger partial charge in [-0.2, -0.15) is 0 Å². The lowest BCUT2D eigenvalue weighted by Gasteiger charge is -2.37. The number of carbonyl (C=O) groups is 1. The molecule has 80 valence electrons. The average molecular weight is 214 g/mol. The summed E-state index contributed by atoms with van der Waals surface area (Å²) in [5, 5.41) is 3.28. The Bertz CT molecular complexity index is 268. The predicted molar refractivity (Wildman–Crippen MR) is 61.0 cm³/mol. The van der Waals surface area contributed by atoms with Gasteiger partial charge >= 0.3 is 0 Å². The van der Waals surface area contributed by atoms with E-state index < -0.39 is 0 Å². The third-order valence-corrected chi connectivity index (χ3v) is 2.65. The standard InChI is InChI=1S/C10H18N2OS/c1-6(2)7-8(13)11-9(14)12(7)10(3,4)5/h6-7H,1-5H3,(H,11,13,14). The van der Waals surface area contributed by atoms with Crippen molar-refractivity contribution >= 4 is 23.2 Å². The van der Waals surface area contributed by atoms with Crippen LogP contribution in [0.3, 0.4) is 0 Å². The molecule has 1 aliphatic heterocycles. The Labute approximate surface area is 90.8 Å². The van der Waals surface area contributed by atoms with Crippen molar-refractivity contribution in [3.05, 3.63) is 0 Å². The average Bonchev–Trinajstić information content (AvgIpc) is 2.23. The lowest BCUT2D eigenvalue weighted by Crippen LogP contribution is -2.50. The smallest absolute Gasteiger partial charge is 0.249 e. The van der Waals surface area contributed by atoms with Crippen molar-refractivity contribution in [1.82, 2.24) is 10.2 Å². The first-order valence-corrected chi connectivity index (χ1v) is 5.30. The molecule has 1 saturated heterocycles. The monoisotopic (exact) mass is 214 g/mol. The number of hydrogen-bond acceptors (Lipinski definition) is 2. The molecule has 1 aliphatic rings. The quantitative estimate of drug-likeness (QED) is 0.672. The Morgan fingerprint density at radius 2 is 1.93 bits per heavy atom. The van der Waals surface area contributed by atoms with Gasteiger partial charge < -0.3 is 10.2 Å². The minimum Gasteiger partial charge on any atom is -0.332 e. The highest BCUT2D eigenvalue weighted by molar-refractivity contribution is 7.80. The van der Waals surface area contributed by atoms with Gasteiger partial charge in [-0.15, -0.1) is 0 Å². The number of nitrogens with one attached hydrogen (secondary N) is 1. The lowest BCUT2D eigenvalue weighted by atomic mass is 9.97. The van der Waals surface area contributed by atoms with Gasteiger partial charge in [-0.1, -0.05) is 13.8 Å². The van der Waals surface area contributed by atoms with Gasteiger partial charge in [0.25, 0.3) is 0 Å². The summed E-state index contributed by atoms with van der Waals surface area (Å²) in [5.41, 5.74) is -0.106. The highest BCUT2D eigenvalue weighted by atomic mass is 32.1. The molecule has 14 heavy (non-hydrogen) atoms. The van der Waals surface area contributed by atoms with Crippen molar-refractivity contribution in [2.45, 2.75) is 46.2 Å². The van der Waals surface area contributed by atoms with E-state index in [4.69, 9.17) is 12.2 Å². The molecule has 1 amide bonds. The molecular formula is C10H18N2OS. The van der Waals surface area contributed by atoms with Crippen molar-refractivity contribution in [3.63, 3.8) is 0 Å².